The third-order valence-corrected chi connectivity index (χ3v) is 5.01. The minimum atomic E-state index is 0.519. The fourth-order valence-corrected chi connectivity index (χ4v) is 3.62. The SMILES string of the molecule is CCC(C)NC(C)c1cc2c(s1)CCCC2. The molecule has 1 aromatic heterocycles. The summed E-state index contributed by atoms with van der Waals surface area (Å²) in [7, 11) is 0. The molecule has 90 valence electrons. The van der Waals surface area contributed by atoms with E-state index in [1.54, 1.807) is 10.4 Å². The van der Waals surface area contributed by atoms with Crippen LogP contribution in [-0.4, -0.2) is 6.04 Å². The van der Waals surface area contributed by atoms with Gasteiger partial charge in [-0.15, -0.1) is 11.3 Å². The molecule has 0 radical (unpaired) electrons. The molecular formula is C14H23NS. The van der Waals surface area contributed by atoms with Gasteiger partial charge in [0.1, 0.15) is 0 Å². The van der Waals surface area contributed by atoms with Crippen LogP contribution in [0, 0.1) is 0 Å². The predicted octanol–water partition coefficient (Wildman–Crippen LogP) is 4.08. The minimum Gasteiger partial charge on any atom is -0.307 e. The van der Waals surface area contributed by atoms with Gasteiger partial charge in [0.05, 0.1) is 0 Å². The van der Waals surface area contributed by atoms with Crippen LogP contribution in [0.15, 0.2) is 6.07 Å². The Morgan fingerprint density at radius 3 is 2.75 bits per heavy atom. The number of aryl methyl sites for hydroxylation is 2. The maximum atomic E-state index is 3.67. The summed E-state index contributed by atoms with van der Waals surface area (Å²) in [4.78, 5) is 3.19. The van der Waals surface area contributed by atoms with E-state index in [-0.39, 0.29) is 0 Å². The summed E-state index contributed by atoms with van der Waals surface area (Å²) in [5, 5.41) is 3.67. The molecule has 0 saturated heterocycles. The molecule has 16 heavy (non-hydrogen) atoms. The standard InChI is InChI=1S/C14H23NS/c1-4-10(2)15-11(3)14-9-12-7-5-6-8-13(12)16-14/h9-11,15H,4-8H2,1-3H3. The van der Waals surface area contributed by atoms with Crippen molar-refractivity contribution in [3.63, 3.8) is 0 Å². The Morgan fingerprint density at radius 1 is 1.31 bits per heavy atom. The van der Waals surface area contributed by atoms with Gasteiger partial charge in [-0.3, -0.25) is 0 Å². The quantitative estimate of drug-likeness (QED) is 0.832. The fraction of sp³-hybridized carbons (Fsp3) is 0.714. The summed E-state index contributed by atoms with van der Waals surface area (Å²) < 4.78 is 0. The molecule has 2 unspecified atom stereocenters. The smallest absolute Gasteiger partial charge is 0.0388 e. The molecule has 1 N–H and O–H groups in total. The highest BCUT2D eigenvalue weighted by atomic mass is 32.1. The zero-order valence-electron chi connectivity index (χ0n) is 10.7. The number of thiophene rings is 1. The molecule has 1 aromatic rings. The first-order chi connectivity index (χ1) is 7.70. The van der Waals surface area contributed by atoms with E-state index >= 15 is 0 Å². The molecule has 0 amide bonds. The molecule has 1 aliphatic rings. The zero-order valence-corrected chi connectivity index (χ0v) is 11.5. The summed E-state index contributed by atoms with van der Waals surface area (Å²) in [6.07, 6.45) is 6.60. The van der Waals surface area contributed by atoms with Crippen LogP contribution >= 0.6 is 11.3 Å². The van der Waals surface area contributed by atoms with Gasteiger partial charge in [0, 0.05) is 21.8 Å². The van der Waals surface area contributed by atoms with Crippen LogP contribution in [0.25, 0.3) is 0 Å². The largest absolute Gasteiger partial charge is 0.307 e. The highest BCUT2D eigenvalue weighted by Crippen LogP contribution is 2.32. The first-order valence-corrected chi connectivity index (χ1v) is 7.40. The van der Waals surface area contributed by atoms with Crippen LogP contribution in [0.4, 0.5) is 0 Å². The van der Waals surface area contributed by atoms with Crippen molar-refractivity contribution < 1.29 is 0 Å². The predicted molar refractivity (Wildman–Crippen MR) is 72.3 cm³/mol. The fourth-order valence-electron chi connectivity index (χ4n) is 2.35. The van der Waals surface area contributed by atoms with Crippen molar-refractivity contribution >= 4 is 11.3 Å². The Hall–Kier alpha value is -0.340. The summed E-state index contributed by atoms with van der Waals surface area (Å²) >= 11 is 2.03. The molecular weight excluding hydrogens is 214 g/mol. The zero-order chi connectivity index (χ0) is 11.5. The molecule has 0 bridgehead atoms. The topological polar surface area (TPSA) is 12.0 Å². The lowest BCUT2D eigenvalue weighted by Gasteiger charge is -2.17. The van der Waals surface area contributed by atoms with Crippen LogP contribution in [0.2, 0.25) is 0 Å². The number of nitrogens with one attached hydrogen (secondary N) is 1. The number of rotatable bonds is 4. The molecule has 1 aliphatic carbocycles. The Kier molecular flexibility index (Phi) is 4.04. The molecule has 0 fully saturated rings. The second-order valence-corrected chi connectivity index (χ2v) is 6.17. The van der Waals surface area contributed by atoms with E-state index in [1.165, 1.54) is 37.0 Å². The van der Waals surface area contributed by atoms with Crippen LogP contribution < -0.4 is 5.32 Å². The summed E-state index contributed by atoms with van der Waals surface area (Å²) in [6.45, 7) is 6.80. The van der Waals surface area contributed by atoms with Gasteiger partial charge in [0.15, 0.2) is 0 Å². The Morgan fingerprint density at radius 2 is 2.06 bits per heavy atom. The third kappa shape index (κ3) is 2.67. The van der Waals surface area contributed by atoms with Gasteiger partial charge >= 0.3 is 0 Å². The Bertz CT molecular complexity index is 319. The average molecular weight is 237 g/mol. The molecule has 2 heteroatoms. The van der Waals surface area contributed by atoms with E-state index in [9.17, 15) is 0 Å². The molecule has 2 rings (SSSR count). The van der Waals surface area contributed by atoms with E-state index in [1.807, 2.05) is 11.3 Å². The van der Waals surface area contributed by atoms with Crippen LogP contribution in [-0.2, 0) is 12.8 Å². The molecule has 0 aliphatic heterocycles. The van der Waals surface area contributed by atoms with Gasteiger partial charge in [-0.25, -0.2) is 0 Å². The van der Waals surface area contributed by atoms with Crippen molar-refractivity contribution in [1.29, 1.82) is 0 Å². The maximum absolute atomic E-state index is 3.67. The number of hydrogen-bond donors (Lipinski definition) is 1. The van der Waals surface area contributed by atoms with Crippen molar-refractivity contribution in [2.45, 2.75) is 65.0 Å². The first kappa shape index (κ1) is 12.1. The van der Waals surface area contributed by atoms with Crippen LogP contribution in [0.3, 0.4) is 0 Å². The van der Waals surface area contributed by atoms with Gasteiger partial charge < -0.3 is 5.32 Å². The van der Waals surface area contributed by atoms with E-state index in [4.69, 9.17) is 0 Å². The monoisotopic (exact) mass is 237 g/mol. The highest BCUT2D eigenvalue weighted by Gasteiger charge is 2.17. The highest BCUT2D eigenvalue weighted by molar-refractivity contribution is 7.12. The lowest BCUT2D eigenvalue weighted by atomic mass is 9.99. The molecule has 0 aromatic carbocycles. The molecule has 0 saturated carbocycles. The van der Waals surface area contributed by atoms with Crippen molar-refractivity contribution in [1.82, 2.24) is 5.32 Å². The second-order valence-electron chi connectivity index (χ2n) is 5.00. The van der Waals surface area contributed by atoms with Crippen molar-refractivity contribution in [3.8, 4) is 0 Å². The van der Waals surface area contributed by atoms with Gasteiger partial charge in [-0.1, -0.05) is 6.92 Å². The molecule has 1 nitrogen and oxygen atoms in total. The lowest BCUT2D eigenvalue weighted by molar-refractivity contribution is 0.474. The van der Waals surface area contributed by atoms with E-state index in [0.717, 1.165) is 0 Å². The van der Waals surface area contributed by atoms with E-state index < -0.39 is 0 Å². The van der Waals surface area contributed by atoms with Gasteiger partial charge in [0.25, 0.3) is 0 Å². The van der Waals surface area contributed by atoms with Crippen LogP contribution in [0.1, 0.15) is 61.4 Å². The lowest BCUT2D eigenvalue weighted by Crippen LogP contribution is -2.27. The Labute approximate surface area is 103 Å². The number of fused-ring (bicyclic) bond motifs is 1. The molecule has 2 atom stereocenters. The maximum Gasteiger partial charge on any atom is 0.0388 e. The normalized spacial score (nSPS) is 19.2. The van der Waals surface area contributed by atoms with Crippen molar-refractivity contribution in [2.75, 3.05) is 0 Å². The van der Waals surface area contributed by atoms with E-state index in [0.29, 0.717) is 12.1 Å². The van der Waals surface area contributed by atoms with Crippen LogP contribution in [0.5, 0.6) is 0 Å². The van der Waals surface area contributed by atoms with Gasteiger partial charge in [-0.05, 0) is 57.6 Å². The minimum absolute atomic E-state index is 0.519. The summed E-state index contributed by atoms with van der Waals surface area (Å²) in [5.41, 5.74) is 1.63. The molecule has 0 spiro atoms. The average Bonchev–Trinajstić information content (AvgIpc) is 2.72. The third-order valence-electron chi connectivity index (χ3n) is 3.59. The van der Waals surface area contributed by atoms with Gasteiger partial charge in [0.2, 0.25) is 0 Å². The number of hydrogen-bond acceptors (Lipinski definition) is 2. The Balaban J connectivity index is 2.05. The second kappa shape index (κ2) is 5.33. The van der Waals surface area contributed by atoms with Crippen molar-refractivity contribution in [2.24, 2.45) is 0 Å². The summed E-state index contributed by atoms with van der Waals surface area (Å²) in [5.74, 6) is 0. The van der Waals surface area contributed by atoms with Gasteiger partial charge in [-0.2, -0.15) is 0 Å². The molecule has 1 heterocycles. The first-order valence-electron chi connectivity index (χ1n) is 6.58. The van der Waals surface area contributed by atoms with Crippen molar-refractivity contribution in [3.05, 3.63) is 21.4 Å². The summed E-state index contributed by atoms with van der Waals surface area (Å²) in [6, 6.07) is 3.58. The van der Waals surface area contributed by atoms with E-state index in [2.05, 4.69) is 32.2 Å².